The second-order valence-corrected chi connectivity index (χ2v) is 6.14. The third kappa shape index (κ3) is 7.47. The molecule has 1 aromatic carbocycles. The Morgan fingerprint density at radius 2 is 1.81 bits per heavy atom. The average molecular weight is 377 g/mol. The lowest BCUT2D eigenvalue weighted by molar-refractivity contribution is -0.0498. The van der Waals surface area contributed by atoms with Crippen molar-refractivity contribution in [2.75, 3.05) is 26.2 Å². The van der Waals surface area contributed by atoms with Gasteiger partial charge in [-0.2, -0.15) is 8.78 Å². The molecule has 1 aromatic rings. The zero-order chi connectivity index (χ0) is 18.9. The van der Waals surface area contributed by atoms with E-state index in [0.29, 0.717) is 38.9 Å². The first kappa shape index (κ1) is 20.3. The van der Waals surface area contributed by atoms with Crippen LogP contribution in [-0.2, 0) is 6.42 Å². The van der Waals surface area contributed by atoms with E-state index in [9.17, 15) is 22.4 Å². The van der Waals surface area contributed by atoms with E-state index in [0.717, 1.165) is 5.56 Å². The molecule has 5 nitrogen and oxygen atoms in total. The summed E-state index contributed by atoms with van der Waals surface area (Å²) in [4.78, 5) is 13.6. The van der Waals surface area contributed by atoms with Crippen molar-refractivity contribution in [2.24, 2.45) is 0 Å². The van der Waals surface area contributed by atoms with Gasteiger partial charge in [0.1, 0.15) is 5.75 Å². The molecule has 0 aromatic heterocycles. The Bertz CT molecular complexity index is 549. The van der Waals surface area contributed by atoms with Crippen molar-refractivity contribution in [1.82, 2.24) is 15.5 Å². The topological polar surface area (TPSA) is 53.6 Å². The standard InChI is InChI=1S/C17H23F4N3O2/c18-15(19)11-24-9-6-13(7-10-24)23-17(25)22-8-5-12-1-3-14(4-2-12)26-16(20)21/h1-4,13,15-16H,5-11H2,(H2,22,23,25). The highest BCUT2D eigenvalue weighted by molar-refractivity contribution is 5.74. The Morgan fingerprint density at radius 1 is 1.15 bits per heavy atom. The van der Waals surface area contributed by atoms with Crippen molar-refractivity contribution in [1.29, 1.82) is 0 Å². The molecule has 0 spiro atoms. The molecule has 1 heterocycles. The van der Waals surface area contributed by atoms with Crippen molar-refractivity contribution in [2.45, 2.75) is 38.3 Å². The number of ether oxygens (including phenoxy) is 1. The number of hydrogen-bond acceptors (Lipinski definition) is 3. The summed E-state index contributed by atoms with van der Waals surface area (Å²) in [6, 6.07) is 5.92. The second-order valence-electron chi connectivity index (χ2n) is 6.14. The van der Waals surface area contributed by atoms with E-state index < -0.39 is 13.0 Å². The smallest absolute Gasteiger partial charge is 0.387 e. The number of hydrogen-bond donors (Lipinski definition) is 2. The summed E-state index contributed by atoms with van der Waals surface area (Å²) in [6.45, 7) is -1.59. The lowest BCUT2D eigenvalue weighted by atomic mass is 10.1. The minimum Gasteiger partial charge on any atom is -0.435 e. The SMILES string of the molecule is O=C(NCCc1ccc(OC(F)F)cc1)NC1CCN(CC(F)F)CC1. The molecule has 2 amide bonds. The van der Waals surface area contributed by atoms with Crippen LogP contribution in [0.25, 0.3) is 0 Å². The fraction of sp³-hybridized carbons (Fsp3) is 0.588. The third-order valence-corrected chi connectivity index (χ3v) is 4.17. The summed E-state index contributed by atoms with van der Waals surface area (Å²) in [7, 11) is 0. The largest absolute Gasteiger partial charge is 0.435 e. The number of alkyl halides is 4. The number of carbonyl (C=O) groups excluding carboxylic acids is 1. The van der Waals surface area contributed by atoms with Crippen molar-refractivity contribution in [3.05, 3.63) is 29.8 Å². The maximum atomic E-state index is 12.3. The van der Waals surface area contributed by atoms with Crippen LogP contribution in [0.3, 0.4) is 0 Å². The number of halogens is 4. The van der Waals surface area contributed by atoms with Crippen LogP contribution in [0.5, 0.6) is 5.75 Å². The fourth-order valence-corrected chi connectivity index (χ4v) is 2.85. The van der Waals surface area contributed by atoms with Crippen molar-refractivity contribution < 1.29 is 27.1 Å². The Balaban J connectivity index is 1.62. The van der Waals surface area contributed by atoms with Gasteiger partial charge in [0.15, 0.2) is 0 Å². The van der Waals surface area contributed by atoms with Crippen LogP contribution in [0.15, 0.2) is 24.3 Å². The minimum absolute atomic E-state index is 0.0188. The number of carbonyl (C=O) groups is 1. The zero-order valence-electron chi connectivity index (χ0n) is 14.3. The molecule has 1 aliphatic heterocycles. The zero-order valence-corrected chi connectivity index (χ0v) is 14.3. The van der Waals surface area contributed by atoms with Gasteiger partial charge in [0.25, 0.3) is 6.43 Å². The molecule has 146 valence electrons. The van der Waals surface area contributed by atoms with Crippen molar-refractivity contribution in [3.63, 3.8) is 0 Å². The third-order valence-electron chi connectivity index (χ3n) is 4.17. The van der Waals surface area contributed by atoms with Gasteiger partial charge in [-0.15, -0.1) is 0 Å². The van der Waals surface area contributed by atoms with Gasteiger partial charge >= 0.3 is 12.6 Å². The molecule has 1 saturated heterocycles. The Kier molecular flexibility index (Phi) is 7.96. The second kappa shape index (κ2) is 10.2. The molecular formula is C17H23F4N3O2. The minimum atomic E-state index is -2.85. The van der Waals surface area contributed by atoms with Gasteiger partial charge in [-0.25, -0.2) is 13.6 Å². The molecule has 0 radical (unpaired) electrons. The van der Waals surface area contributed by atoms with Crippen LogP contribution in [0.1, 0.15) is 18.4 Å². The first-order valence-electron chi connectivity index (χ1n) is 8.51. The highest BCUT2D eigenvalue weighted by Gasteiger charge is 2.22. The first-order chi connectivity index (χ1) is 12.4. The molecule has 0 saturated carbocycles. The number of nitrogens with zero attached hydrogens (tertiary/aromatic N) is 1. The summed E-state index contributed by atoms with van der Waals surface area (Å²) in [5.74, 6) is 0.0904. The first-order valence-corrected chi connectivity index (χ1v) is 8.51. The number of rotatable bonds is 8. The highest BCUT2D eigenvalue weighted by Crippen LogP contribution is 2.15. The van der Waals surface area contributed by atoms with Crippen molar-refractivity contribution in [3.8, 4) is 5.75 Å². The number of likely N-dealkylation sites (tertiary alicyclic amines) is 1. The van der Waals surface area contributed by atoms with E-state index in [-0.39, 0.29) is 24.4 Å². The van der Waals surface area contributed by atoms with Crippen molar-refractivity contribution >= 4 is 6.03 Å². The van der Waals surface area contributed by atoms with E-state index >= 15 is 0 Å². The van der Waals surface area contributed by atoms with Crippen LogP contribution in [-0.4, -0.2) is 56.2 Å². The average Bonchev–Trinajstić information content (AvgIpc) is 2.57. The maximum absolute atomic E-state index is 12.3. The summed E-state index contributed by atoms with van der Waals surface area (Å²) in [5, 5.41) is 5.58. The van der Waals surface area contributed by atoms with Crippen LogP contribution in [0.4, 0.5) is 22.4 Å². The molecule has 1 aliphatic rings. The summed E-state index contributed by atoms with van der Waals surface area (Å²) < 4.78 is 53.0. The summed E-state index contributed by atoms with van der Waals surface area (Å²) >= 11 is 0. The Labute approximate surface area is 149 Å². The maximum Gasteiger partial charge on any atom is 0.387 e. The monoisotopic (exact) mass is 377 g/mol. The number of benzene rings is 1. The van der Waals surface area contributed by atoms with Crippen LogP contribution in [0, 0.1) is 0 Å². The van der Waals surface area contributed by atoms with Crippen LogP contribution >= 0.6 is 0 Å². The predicted octanol–water partition coefficient (Wildman–Crippen LogP) is 2.86. The quantitative estimate of drug-likeness (QED) is 0.685. The van der Waals surface area contributed by atoms with Gasteiger partial charge in [-0.1, -0.05) is 12.1 Å². The molecule has 0 atom stereocenters. The normalized spacial score (nSPS) is 16.1. The predicted molar refractivity (Wildman–Crippen MR) is 88.8 cm³/mol. The van der Waals surface area contributed by atoms with E-state index in [1.54, 1.807) is 17.0 Å². The molecule has 26 heavy (non-hydrogen) atoms. The Morgan fingerprint density at radius 3 is 2.38 bits per heavy atom. The number of urea groups is 1. The van der Waals surface area contributed by atoms with Gasteiger partial charge < -0.3 is 15.4 Å². The lowest BCUT2D eigenvalue weighted by Gasteiger charge is -2.32. The number of piperidine rings is 1. The van der Waals surface area contributed by atoms with Gasteiger partial charge in [0.2, 0.25) is 0 Å². The van der Waals surface area contributed by atoms with E-state index in [4.69, 9.17) is 0 Å². The molecule has 0 unspecified atom stereocenters. The lowest BCUT2D eigenvalue weighted by Crippen LogP contribution is -2.48. The van der Waals surface area contributed by atoms with Gasteiger partial charge in [-0.3, -0.25) is 4.90 Å². The summed E-state index contributed by atoms with van der Waals surface area (Å²) in [5.41, 5.74) is 0.882. The van der Waals surface area contributed by atoms with E-state index in [1.807, 2.05) is 0 Å². The van der Waals surface area contributed by atoms with E-state index in [2.05, 4.69) is 15.4 Å². The fourth-order valence-electron chi connectivity index (χ4n) is 2.85. The van der Waals surface area contributed by atoms with Gasteiger partial charge in [-0.05, 0) is 37.0 Å². The molecule has 0 bridgehead atoms. The van der Waals surface area contributed by atoms with Crippen LogP contribution < -0.4 is 15.4 Å². The Hall–Kier alpha value is -2.03. The number of amides is 2. The molecule has 9 heteroatoms. The highest BCUT2D eigenvalue weighted by atomic mass is 19.3. The van der Waals surface area contributed by atoms with Gasteiger partial charge in [0.05, 0.1) is 6.54 Å². The molecule has 2 N–H and O–H groups in total. The molecule has 1 fully saturated rings. The van der Waals surface area contributed by atoms with Gasteiger partial charge in [0, 0.05) is 25.7 Å². The number of nitrogens with one attached hydrogen (secondary N) is 2. The molecular weight excluding hydrogens is 354 g/mol. The summed E-state index contributed by atoms with van der Waals surface area (Å²) in [6.07, 6.45) is -0.494. The molecule has 0 aliphatic carbocycles. The van der Waals surface area contributed by atoms with Crippen LogP contribution in [0.2, 0.25) is 0 Å². The molecule has 2 rings (SSSR count). The van der Waals surface area contributed by atoms with E-state index in [1.165, 1.54) is 12.1 Å².